The normalized spacial score (nSPS) is 16.9. The van der Waals surface area contributed by atoms with Gasteiger partial charge in [-0.05, 0) is 162 Å². The van der Waals surface area contributed by atoms with Crippen molar-refractivity contribution in [1.29, 1.82) is 0 Å². The molecular weight excluding hydrogens is 1710 g/mol. The summed E-state index contributed by atoms with van der Waals surface area (Å²) in [5.74, 6) is 27.3. The van der Waals surface area contributed by atoms with E-state index in [1.165, 1.54) is 44.9 Å². The van der Waals surface area contributed by atoms with Gasteiger partial charge in [-0.15, -0.1) is 58.8 Å². The molecule has 4 amide bonds. The molecule has 5 fully saturated rings. The fourth-order valence-electron chi connectivity index (χ4n) is 15.8. The first-order valence-electron chi connectivity index (χ1n) is 41.7. The van der Waals surface area contributed by atoms with Gasteiger partial charge >= 0.3 is 0 Å². The van der Waals surface area contributed by atoms with Crippen molar-refractivity contribution >= 4 is 138 Å². The van der Waals surface area contributed by atoms with Gasteiger partial charge < -0.3 is 52.7 Å². The number of aliphatic hydroxyl groups excluding tert-OH is 3. The Morgan fingerprint density at radius 3 is 0.975 bits per heavy atom. The molecule has 5 aliphatic carbocycles. The van der Waals surface area contributed by atoms with Crippen LogP contribution >= 0.6 is 106 Å². The van der Waals surface area contributed by atoms with Gasteiger partial charge in [-0.2, -0.15) is 0 Å². The van der Waals surface area contributed by atoms with Gasteiger partial charge in [-0.1, -0.05) is 343 Å². The van der Waals surface area contributed by atoms with Crippen LogP contribution in [0.1, 0.15) is 195 Å². The van der Waals surface area contributed by atoms with Gasteiger partial charge in [0.1, 0.15) is 24.7 Å². The Balaban J connectivity index is 0.000000494. The second-order valence-electron chi connectivity index (χ2n) is 30.2. The summed E-state index contributed by atoms with van der Waals surface area (Å²) in [6.07, 6.45) is 27.2. The fraction of sp³-hybridized carbons (Fsp3) is 0.521. The molecule has 0 spiro atoms. The van der Waals surface area contributed by atoms with Gasteiger partial charge in [0.2, 0.25) is 23.0 Å². The van der Waals surface area contributed by atoms with E-state index in [1.807, 2.05) is 185 Å². The van der Waals surface area contributed by atoms with E-state index in [2.05, 4.69) is 105 Å². The molecule has 5 unspecified atom stereocenters. The van der Waals surface area contributed by atoms with Crippen molar-refractivity contribution in [2.75, 3.05) is 93.2 Å². The molecule has 5 atom stereocenters. The molecule has 0 aliphatic heterocycles. The maximum atomic E-state index is 12.9. The van der Waals surface area contributed by atoms with Crippen molar-refractivity contribution in [2.24, 2.45) is 35.3 Å². The number of benzene rings is 5. The zero-order chi connectivity index (χ0) is 88.3. The molecule has 5 aliphatic rings. The van der Waals surface area contributed by atoms with Crippen molar-refractivity contribution in [1.82, 2.24) is 31.5 Å². The van der Waals surface area contributed by atoms with Gasteiger partial charge in [0, 0.05) is 5.92 Å². The zero-order valence-corrected chi connectivity index (χ0v) is 77.8. The predicted molar refractivity (Wildman–Crippen MR) is 507 cm³/mol. The van der Waals surface area contributed by atoms with Crippen LogP contribution in [-0.4, -0.2) is 151 Å². The van der Waals surface area contributed by atoms with Gasteiger partial charge in [-0.25, -0.2) is 0 Å². The molecule has 0 bridgehead atoms. The minimum atomic E-state index is -1.47. The quantitative estimate of drug-likeness (QED) is 0.0151. The van der Waals surface area contributed by atoms with Crippen molar-refractivity contribution in [3.8, 4) is 59.2 Å². The zero-order valence-electron chi connectivity index (χ0n) is 70.9. The molecule has 5 aromatic carbocycles. The van der Waals surface area contributed by atoms with Crippen LogP contribution in [0.4, 0.5) is 0 Å². The molecule has 0 radical (unpaired) electrons. The molecule has 16 nitrogen and oxygen atoms in total. The Morgan fingerprint density at radius 1 is 0.405 bits per heavy atom. The molecular formula is C96H127Cl8N7O9S. The Kier molecular flexibility index (Phi) is 58.8. The summed E-state index contributed by atoms with van der Waals surface area (Å²) < 4.78 is -0.0556. The van der Waals surface area contributed by atoms with Crippen molar-refractivity contribution in [3.05, 3.63) is 179 Å². The van der Waals surface area contributed by atoms with E-state index in [4.69, 9.17) is 102 Å². The third kappa shape index (κ3) is 38.1. The van der Waals surface area contributed by atoms with Gasteiger partial charge in [0.05, 0.1) is 50.6 Å². The van der Waals surface area contributed by atoms with E-state index in [0.29, 0.717) is 24.6 Å². The molecule has 0 saturated heterocycles. The van der Waals surface area contributed by atoms with E-state index < -0.39 is 30.9 Å². The molecule has 0 heterocycles. The minimum Gasteiger partial charge on any atom is -0.384 e. The Hall–Kier alpha value is -6.42. The van der Waals surface area contributed by atoms with E-state index in [9.17, 15) is 29.1 Å². The smallest absolute Gasteiger partial charge is 0.257 e. The lowest BCUT2D eigenvalue weighted by Gasteiger charge is -2.39. The summed E-state index contributed by atoms with van der Waals surface area (Å²) >= 11 is 45.3. The third-order valence-electron chi connectivity index (χ3n) is 21.8. The number of rotatable bonds is 20. The van der Waals surface area contributed by atoms with Crippen LogP contribution in [0.25, 0.3) is 0 Å². The van der Waals surface area contributed by atoms with Gasteiger partial charge in [0.15, 0.2) is 19.1 Å². The average Bonchev–Trinajstić information content (AvgIpc) is 0.797. The second-order valence-corrected chi connectivity index (χ2v) is 34.4. The highest BCUT2D eigenvalue weighted by Gasteiger charge is 2.49. The second kappa shape index (κ2) is 64.3. The first kappa shape index (κ1) is 111. The average molecular weight is 1840 g/mol. The van der Waals surface area contributed by atoms with Crippen LogP contribution < -0.4 is 32.3 Å². The van der Waals surface area contributed by atoms with E-state index in [0.717, 1.165) is 138 Å². The Morgan fingerprint density at radius 2 is 0.669 bits per heavy atom. The summed E-state index contributed by atoms with van der Waals surface area (Å²) in [6.45, 7) is 3.61. The van der Waals surface area contributed by atoms with Crippen LogP contribution in [0.3, 0.4) is 0 Å². The number of alkyl halides is 4. The van der Waals surface area contributed by atoms with Crippen LogP contribution in [0.5, 0.6) is 0 Å². The number of thiocarbonyl (C=S) groups is 1. The first-order valence-corrected chi connectivity index (χ1v) is 44.9. The molecule has 5 aromatic rings. The number of carbonyl (C=O) groups is 5. The monoisotopic (exact) mass is 1830 g/mol. The minimum absolute atomic E-state index is 0. The molecule has 0 aromatic heterocycles. The number of carbonyl (C=O) groups excluding carboxylic acids is 5. The van der Waals surface area contributed by atoms with Crippen molar-refractivity contribution in [2.45, 2.75) is 193 Å². The summed E-state index contributed by atoms with van der Waals surface area (Å²) in [6, 6.07) is 48.1. The molecule has 662 valence electrons. The highest BCUT2D eigenvalue weighted by molar-refractivity contribution is 7.86. The third-order valence-corrected chi connectivity index (χ3v) is 24.5. The standard InChI is InChI=1S/C20H28N2O2.C19H25NO2.C18H21Cl2NO.C18H22ClNO2.C14H16Cl2O.C4H7NO.C2H7N.CCl2S.ClH/c1-22(2)16-10-9-15-21-19(23)20(24,17-11-5-3-6-12-17)18-13-7-4-8-14-18;1-19(16-10-4-2-5-11-16,17-12-6-3-7-13-17)18(22)20-14-8-9-15-21;19-13-7-8-14-21-17(22)18(20,15-9-3-1-4-10-15)16-11-5-2-6-12-16;19-18(15-9-3-1-4-10-15,16-11-5-2-6-12-16)17(22)20-13-7-8-14-21;15-13(17)14(16,11-7-3-1-4-8-11)12-9-5-2-6-10-12;5-3-1-2-4-6;1-3-2;2-1(3)4;/h3,5-6,11-12,18,24H,4,7-8,13-16H2,1-2H3,(H,21,23);2,4-5,10-11,17,21H,3,6-7,12-15H2,1H3,(H,20,22);1,3-4,9-10,16H,2,5-6,11-14H2,(H,21,22);1,3-4,9-10,16,21H,2,5-6,11-14H2,(H,20,22);1,3-4,7-8,12H,2,5-6,9-10H2;6H,3-5H2;3H,1-2H3;;1H. The lowest BCUT2D eigenvalue weighted by Crippen LogP contribution is -2.50. The number of halogens is 8. The maximum absolute atomic E-state index is 12.9. The first-order chi connectivity index (χ1) is 57.8. The van der Waals surface area contributed by atoms with Gasteiger partial charge in [0.25, 0.3) is 5.91 Å². The van der Waals surface area contributed by atoms with E-state index in [-0.39, 0.29) is 115 Å². The summed E-state index contributed by atoms with van der Waals surface area (Å²) in [5.41, 5.74) is 7.24. The topological polar surface area (TPSA) is 256 Å². The SMILES string of the molecule is CC(C(=O)NCC#CCO)(c1ccccc1)C1CCCCC1.CN(C)CC#CCNC(=O)C(O)(c1ccccc1)C1CCCCC1.CNC.Cl.NCC#CCO.O=C(Cl)C(Cl)(c1ccccc1)C1CCCCC1.O=C(NCC#CCCl)C(Cl)(c1ccccc1)C1CCCCC1.O=C(NCC#CCO)C(Cl)(c1ccccc1)C1CCCCC1.S=C(Cl)Cl. The number of nitrogens with one attached hydrogen (secondary N) is 5. The van der Waals surface area contributed by atoms with Crippen molar-refractivity contribution in [3.63, 3.8) is 0 Å². The number of hydrogen-bond acceptors (Lipinski definition) is 13. The number of nitrogens with zero attached hydrogens (tertiary/aromatic N) is 1. The Labute approximate surface area is 768 Å². The lowest BCUT2D eigenvalue weighted by atomic mass is 9.65. The number of amides is 4. The van der Waals surface area contributed by atoms with Crippen molar-refractivity contribution < 1.29 is 44.4 Å². The van der Waals surface area contributed by atoms with Crippen LogP contribution in [0, 0.1) is 88.8 Å². The maximum Gasteiger partial charge on any atom is 0.257 e. The van der Waals surface area contributed by atoms with Gasteiger partial charge in [-0.3, -0.25) is 28.9 Å². The predicted octanol–water partition coefficient (Wildman–Crippen LogP) is 17.1. The van der Waals surface area contributed by atoms with E-state index in [1.54, 1.807) is 0 Å². The number of aliphatic hydroxyl groups is 4. The Bertz CT molecular complexity index is 3830. The van der Waals surface area contributed by atoms with Crippen LogP contribution in [0.2, 0.25) is 0 Å². The highest BCUT2D eigenvalue weighted by atomic mass is 35.5. The number of hydrogen-bond donors (Lipinski definition) is 10. The summed E-state index contributed by atoms with van der Waals surface area (Å²) in [7, 11) is 7.65. The summed E-state index contributed by atoms with van der Waals surface area (Å²) in [5, 5.41) is 50.4. The fourth-order valence-corrected chi connectivity index (χ4v) is 17.3. The largest absolute Gasteiger partial charge is 0.384 e. The molecule has 5 saturated carbocycles. The van der Waals surface area contributed by atoms with Crippen LogP contribution in [0.15, 0.2) is 152 Å². The molecule has 25 heteroatoms. The summed E-state index contributed by atoms with van der Waals surface area (Å²) in [4.78, 5) is 61.9. The highest BCUT2D eigenvalue weighted by Crippen LogP contribution is 2.49. The van der Waals surface area contributed by atoms with Crippen LogP contribution in [-0.2, 0) is 49.6 Å². The van der Waals surface area contributed by atoms with E-state index >= 15 is 0 Å². The number of nitrogens with two attached hydrogens (primary N) is 1. The lowest BCUT2D eigenvalue weighted by molar-refractivity contribution is -0.149. The molecule has 11 N–H and O–H groups in total. The molecule has 121 heavy (non-hydrogen) atoms. The molecule has 10 rings (SSSR count).